The number of rotatable bonds is 2. The number of benzene rings is 1. The van der Waals surface area contributed by atoms with Gasteiger partial charge in [-0.3, -0.25) is 0 Å². The average Bonchev–Trinajstić information content (AvgIpc) is 2.22. The quantitative estimate of drug-likeness (QED) is 0.750. The minimum absolute atomic E-state index is 0.131. The molecule has 1 aromatic carbocycles. The molecule has 0 aliphatic rings. The first-order valence-electron chi connectivity index (χ1n) is 4.20. The fraction of sp³-hybridized carbons (Fsp3) is 0.200. The van der Waals surface area contributed by atoms with Crippen molar-refractivity contribution in [2.45, 2.75) is 6.92 Å². The number of phenolic OH excluding ortho intramolecular Hbond substituents is 1. The van der Waals surface area contributed by atoms with Crippen molar-refractivity contribution in [3.63, 3.8) is 0 Å². The zero-order valence-electron chi connectivity index (χ0n) is 7.95. The fourth-order valence-electron chi connectivity index (χ4n) is 1.05. The molecule has 0 radical (unpaired) electrons. The molecule has 15 heavy (non-hydrogen) atoms. The number of nitriles is 1. The van der Waals surface area contributed by atoms with Crippen molar-refractivity contribution in [1.29, 1.82) is 5.26 Å². The van der Waals surface area contributed by atoms with E-state index in [4.69, 9.17) is 10.4 Å². The van der Waals surface area contributed by atoms with E-state index in [9.17, 15) is 9.18 Å². The van der Waals surface area contributed by atoms with Crippen LogP contribution in [0.3, 0.4) is 0 Å². The maximum atomic E-state index is 13.2. The third-order valence-electron chi connectivity index (χ3n) is 1.73. The SMILES string of the molecule is CCOC(=O)c1ccc(O)c(F)c1C#N. The molecule has 0 aromatic heterocycles. The Balaban J connectivity index is 3.26. The Morgan fingerprint density at radius 3 is 2.87 bits per heavy atom. The smallest absolute Gasteiger partial charge is 0.339 e. The van der Waals surface area contributed by atoms with Crippen molar-refractivity contribution >= 4 is 5.97 Å². The Morgan fingerprint density at radius 1 is 1.67 bits per heavy atom. The summed E-state index contributed by atoms with van der Waals surface area (Å²) in [5.74, 6) is -2.56. The summed E-state index contributed by atoms with van der Waals surface area (Å²) in [4.78, 5) is 11.3. The Bertz CT molecular complexity index is 437. The maximum Gasteiger partial charge on any atom is 0.339 e. The Labute approximate surface area is 85.5 Å². The molecule has 0 aliphatic heterocycles. The van der Waals surface area contributed by atoms with Crippen LogP contribution in [0.5, 0.6) is 5.75 Å². The molecule has 78 valence electrons. The van der Waals surface area contributed by atoms with Gasteiger partial charge < -0.3 is 9.84 Å². The second kappa shape index (κ2) is 4.42. The van der Waals surface area contributed by atoms with Crippen LogP contribution in [0, 0.1) is 17.1 Å². The van der Waals surface area contributed by atoms with E-state index in [0.29, 0.717) is 0 Å². The van der Waals surface area contributed by atoms with Crippen LogP contribution in [0.25, 0.3) is 0 Å². The van der Waals surface area contributed by atoms with E-state index in [0.717, 1.165) is 12.1 Å². The predicted octanol–water partition coefficient (Wildman–Crippen LogP) is 1.58. The van der Waals surface area contributed by atoms with E-state index >= 15 is 0 Å². The van der Waals surface area contributed by atoms with Gasteiger partial charge in [0.1, 0.15) is 11.6 Å². The van der Waals surface area contributed by atoms with E-state index in [1.807, 2.05) is 0 Å². The summed E-state index contributed by atoms with van der Waals surface area (Å²) in [5.41, 5.74) is -0.692. The molecule has 0 bridgehead atoms. The predicted molar refractivity (Wildman–Crippen MR) is 48.7 cm³/mol. The molecule has 1 aromatic rings. The highest BCUT2D eigenvalue weighted by atomic mass is 19.1. The normalized spacial score (nSPS) is 9.40. The Morgan fingerprint density at radius 2 is 2.33 bits per heavy atom. The third kappa shape index (κ3) is 2.05. The van der Waals surface area contributed by atoms with Gasteiger partial charge in [0.2, 0.25) is 0 Å². The first-order chi connectivity index (χ1) is 7.11. The van der Waals surface area contributed by atoms with E-state index in [-0.39, 0.29) is 12.2 Å². The Hall–Kier alpha value is -2.09. The highest BCUT2D eigenvalue weighted by Crippen LogP contribution is 2.22. The number of ether oxygens (including phenoxy) is 1. The summed E-state index contributed by atoms with van der Waals surface area (Å²) in [5, 5.41) is 17.6. The monoisotopic (exact) mass is 209 g/mol. The van der Waals surface area contributed by atoms with Gasteiger partial charge in [-0.05, 0) is 19.1 Å². The van der Waals surface area contributed by atoms with E-state index < -0.39 is 23.1 Å². The van der Waals surface area contributed by atoms with Crippen molar-refractivity contribution < 1.29 is 19.0 Å². The number of carbonyl (C=O) groups is 1. The van der Waals surface area contributed by atoms with E-state index in [1.54, 1.807) is 6.92 Å². The maximum absolute atomic E-state index is 13.2. The van der Waals surface area contributed by atoms with Crippen LogP contribution < -0.4 is 0 Å². The highest BCUT2D eigenvalue weighted by molar-refractivity contribution is 5.92. The third-order valence-corrected chi connectivity index (χ3v) is 1.73. The van der Waals surface area contributed by atoms with Gasteiger partial charge in [0.15, 0.2) is 11.6 Å². The van der Waals surface area contributed by atoms with Crippen molar-refractivity contribution in [2.75, 3.05) is 6.61 Å². The van der Waals surface area contributed by atoms with Crippen LogP contribution >= 0.6 is 0 Å². The fourth-order valence-corrected chi connectivity index (χ4v) is 1.05. The number of phenols is 1. The standard InChI is InChI=1S/C10H8FNO3/c1-2-15-10(14)6-3-4-8(13)9(11)7(6)5-12/h3-4,13H,2H2,1H3. The number of carbonyl (C=O) groups excluding carboxylic acids is 1. The van der Waals surface area contributed by atoms with Crippen LogP contribution in [-0.2, 0) is 4.74 Å². The van der Waals surface area contributed by atoms with Crippen LogP contribution in [0.2, 0.25) is 0 Å². The molecule has 0 aliphatic carbocycles. The minimum Gasteiger partial charge on any atom is -0.505 e. The number of hydrogen-bond donors (Lipinski definition) is 1. The molecular weight excluding hydrogens is 201 g/mol. The van der Waals surface area contributed by atoms with Gasteiger partial charge in [0.05, 0.1) is 12.2 Å². The Kier molecular flexibility index (Phi) is 3.24. The molecule has 0 heterocycles. The summed E-state index contributed by atoms with van der Waals surface area (Å²) in [6.07, 6.45) is 0. The lowest BCUT2D eigenvalue weighted by atomic mass is 10.1. The van der Waals surface area contributed by atoms with Gasteiger partial charge in [0.25, 0.3) is 0 Å². The number of esters is 1. The van der Waals surface area contributed by atoms with Gasteiger partial charge in [-0.2, -0.15) is 5.26 Å². The van der Waals surface area contributed by atoms with Crippen molar-refractivity contribution in [1.82, 2.24) is 0 Å². The molecule has 0 unspecified atom stereocenters. The summed E-state index contributed by atoms with van der Waals surface area (Å²) in [6.45, 7) is 1.73. The lowest BCUT2D eigenvalue weighted by Crippen LogP contribution is -2.08. The summed E-state index contributed by atoms with van der Waals surface area (Å²) < 4.78 is 17.8. The number of halogens is 1. The molecule has 1 rings (SSSR count). The molecule has 1 N–H and O–H groups in total. The molecule has 0 spiro atoms. The molecular formula is C10H8FNO3. The average molecular weight is 209 g/mol. The minimum atomic E-state index is -1.11. The first kappa shape index (κ1) is 11.0. The van der Waals surface area contributed by atoms with Gasteiger partial charge in [-0.25, -0.2) is 9.18 Å². The lowest BCUT2D eigenvalue weighted by molar-refractivity contribution is 0.0525. The zero-order chi connectivity index (χ0) is 11.4. The number of hydrogen-bond acceptors (Lipinski definition) is 4. The van der Waals surface area contributed by atoms with Crippen LogP contribution in [0.4, 0.5) is 4.39 Å². The van der Waals surface area contributed by atoms with Gasteiger partial charge in [0, 0.05) is 0 Å². The van der Waals surface area contributed by atoms with Crippen LogP contribution in [-0.4, -0.2) is 17.7 Å². The summed E-state index contributed by atoms with van der Waals surface area (Å²) >= 11 is 0. The number of nitrogens with zero attached hydrogens (tertiary/aromatic N) is 1. The largest absolute Gasteiger partial charge is 0.505 e. The molecule has 5 heteroatoms. The molecule has 0 saturated carbocycles. The molecule has 0 atom stereocenters. The topological polar surface area (TPSA) is 70.3 Å². The highest BCUT2D eigenvalue weighted by Gasteiger charge is 2.18. The van der Waals surface area contributed by atoms with E-state index in [1.165, 1.54) is 6.07 Å². The molecule has 0 amide bonds. The second-order valence-electron chi connectivity index (χ2n) is 2.65. The number of aromatic hydroxyl groups is 1. The molecule has 0 saturated heterocycles. The second-order valence-corrected chi connectivity index (χ2v) is 2.65. The van der Waals surface area contributed by atoms with Crippen LogP contribution in [0.1, 0.15) is 22.8 Å². The molecule has 0 fully saturated rings. The zero-order valence-corrected chi connectivity index (χ0v) is 7.95. The van der Waals surface area contributed by atoms with Crippen molar-refractivity contribution in [3.8, 4) is 11.8 Å². The first-order valence-corrected chi connectivity index (χ1v) is 4.20. The van der Waals surface area contributed by atoms with Crippen molar-refractivity contribution in [3.05, 3.63) is 29.1 Å². The lowest BCUT2D eigenvalue weighted by Gasteiger charge is -2.05. The van der Waals surface area contributed by atoms with Gasteiger partial charge >= 0.3 is 5.97 Å². The molecule has 4 nitrogen and oxygen atoms in total. The van der Waals surface area contributed by atoms with Gasteiger partial charge in [-0.15, -0.1) is 0 Å². The summed E-state index contributed by atoms with van der Waals surface area (Å²) in [6, 6.07) is 3.66. The van der Waals surface area contributed by atoms with Gasteiger partial charge in [-0.1, -0.05) is 0 Å². The summed E-state index contributed by atoms with van der Waals surface area (Å²) in [7, 11) is 0. The van der Waals surface area contributed by atoms with Crippen molar-refractivity contribution in [2.24, 2.45) is 0 Å². The van der Waals surface area contributed by atoms with Crippen LogP contribution in [0.15, 0.2) is 12.1 Å². The van der Waals surface area contributed by atoms with E-state index in [2.05, 4.69) is 4.74 Å².